The molecule has 0 unspecified atom stereocenters. The van der Waals surface area contributed by atoms with Gasteiger partial charge in [-0.05, 0) is 24.7 Å². The van der Waals surface area contributed by atoms with Gasteiger partial charge in [-0.1, -0.05) is 17.7 Å². The Morgan fingerprint density at radius 1 is 1.53 bits per heavy atom. The average molecular weight is 258 g/mol. The molecule has 0 aliphatic rings. The molecule has 1 rings (SSSR count). The van der Waals surface area contributed by atoms with Crippen molar-refractivity contribution in [3.05, 3.63) is 28.8 Å². The van der Waals surface area contributed by atoms with E-state index < -0.39 is 5.97 Å². The predicted octanol–water partition coefficient (Wildman–Crippen LogP) is 2.26. The van der Waals surface area contributed by atoms with Gasteiger partial charge in [0.05, 0.1) is 13.5 Å². The normalized spacial score (nSPS) is 10.6. The predicted molar refractivity (Wildman–Crippen MR) is 66.6 cm³/mol. The first kappa shape index (κ1) is 13.8. The molecule has 0 atom stereocenters. The molecule has 0 heterocycles. The second-order valence-electron chi connectivity index (χ2n) is 3.84. The van der Waals surface area contributed by atoms with Gasteiger partial charge in [0.2, 0.25) is 0 Å². The van der Waals surface area contributed by atoms with Crippen molar-refractivity contribution < 1.29 is 14.6 Å². The van der Waals surface area contributed by atoms with Crippen LogP contribution in [0, 0.1) is 0 Å². The van der Waals surface area contributed by atoms with Crippen LogP contribution in [0.5, 0.6) is 5.75 Å². The summed E-state index contributed by atoms with van der Waals surface area (Å²) >= 11 is 6.09. The minimum absolute atomic E-state index is 0.129. The Labute approximate surface area is 106 Å². The van der Waals surface area contributed by atoms with E-state index in [-0.39, 0.29) is 6.42 Å². The van der Waals surface area contributed by atoms with Crippen molar-refractivity contribution in [3.8, 4) is 5.75 Å². The number of rotatable bonds is 6. The van der Waals surface area contributed by atoms with Crippen molar-refractivity contribution in [3.63, 3.8) is 0 Å². The number of aliphatic carboxylic acids is 1. The van der Waals surface area contributed by atoms with Crippen LogP contribution in [0.2, 0.25) is 5.02 Å². The monoisotopic (exact) mass is 257 g/mol. The molecular formula is C12H16ClNO3. The van der Waals surface area contributed by atoms with E-state index in [4.69, 9.17) is 21.4 Å². The van der Waals surface area contributed by atoms with Crippen LogP contribution >= 0.6 is 11.6 Å². The quantitative estimate of drug-likeness (QED) is 0.849. The fraction of sp³-hybridized carbons (Fsp3) is 0.417. The van der Waals surface area contributed by atoms with Crippen molar-refractivity contribution in [2.75, 3.05) is 20.7 Å². The molecule has 4 nitrogen and oxygen atoms in total. The van der Waals surface area contributed by atoms with Crippen LogP contribution in [0.15, 0.2) is 18.2 Å². The molecule has 0 saturated carbocycles. The second kappa shape index (κ2) is 6.47. The van der Waals surface area contributed by atoms with E-state index in [9.17, 15) is 4.79 Å². The second-order valence-corrected chi connectivity index (χ2v) is 4.25. The van der Waals surface area contributed by atoms with E-state index in [1.807, 2.05) is 24.1 Å². The summed E-state index contributed by atoms with van der Waals surface area (Å²) in [5.41, 5.74) is 0.959. The molecule has 0 fully saturated rings. The lowest BCUT2D eigenvalue weighted by molar-refractivity contribution is -0.137. The summed E-state index contributed by atoms with van der Waals surface area (Å²) in [5, 5.41) is 9.21. The topological polar surface area (TPSA) is 49.8 Å². The summed E-state index contributed by atoms with van der Waals surface area (Å²) in [5.74, 6) is -0.0791. The molecule has 0 radical (unpaired) electrons. The summed E-state index contributed by atoms with van der Waals surface area (Å²) < 4.78 is 5.06. The summed E-state index contributed by atoms with van der Waals surface area (Å²) in [6.45, 7) is 1.12. The minimum Gasteiger partial charge on any atom is -0.497 e. The number of halogens is 1. The molecule has 1 N–H and O–H groups in total. The van der Waals surface area contributed by atoms with E-state index in [2.05, 4.69) is 0 Å². The van der Waals surface area contributed by atoms with Gasteiger partial charge in [-0.2, -0.15) is 0 Å². The molecule has 0 bridgehead atoms. The number of methoxy groups -OCH3 is 1. The third-order valence-corrected chi connectivity index (χ3v) is 2.76. The van der Waals surface area contributed by atoms with Crippen LogP contribution in [-0.4, -0.2) is 36.7 Å². The molecule has 0 aromatic heterocycles. The maximum atomic E-state index is 10.4. The van der Waals surface area contributed by atoms with Gasteiger partial charge in [-0.15, -0.1) is 0 Å². The van der Waals surface area contributed by atoms with Gasteiger partial charge in [0.15, 0.2) is 0 Å². The fourth-order valence-electron chi connectivity index (χ4n) is 1.44. The highest BCUT2D eigenvalue weighted by Crippen LogP contribution is 2.23. The Kier molecular flexibility index (Phi) is 5.25. The highest BCUT2D eigenvalue weighted by Gasteiger charge is 2.07. The molecule has 0 amide bonds. The van der Waals surface area contributed by atoms with E-state index in [0.717, 1.165) is 5.56 Å². The van der Waals surface area contributed by atoms with Crippen molar-refractivity contribution in [1.29, 1.82) is 0 Å². The number of carboxylic acids is 1. The zero-order valence-electron chi connectivity index (χ0n) is 9.94. The molecule has 0 spiro atoms. The lowest BCUT2D eigenvalue weighted by Gasteiger charge is -2.16. The standard InChI is InChI=1S/C12H16ClNO3/c1-14(6-5-12(15)16)8-9-3-4-10(17-2)7-11(9)13/h3-4,7H,5-6,8H2,1-2H3,(H,15,16). The van der Waals surface area contributed by atoms with Crippen LogP contribution < -0.4 is 4.74 Å². The summed E-state index contributed by atoms with van der Waals surface area (Å²) in [7, 11) is 3.45. The third-order valence-electron chi connectivity index (χ3n) is 2.41. The number of hydrogen-bond donors (Lipinski definition) is 1. The van der Waals surface area contributed by atoms with Crippen LogP contribution in [0.3, 0.4) is 0 Å². The fourth-order valence-corrected chi connectivity index (χ4v) is 1.67. The van der Waals surface area contributed by atoms with Crippen molar-refractivity contribution >= 4 is 17.6 Å². The van der Waals surface area contributed by atoms with Crippen molar-refractivity contribution in [2.24, 2.45) is 0 Å². The van der Waals surface area contributed by atoms with Crippen LogP contribution in [0.1, 0.15) is 12.0 Å². The number of carbonyl (C=O) groups is 1. The first-order chi connectivity index (χ1) is 8.02. The Balaban J connectivity index is 2.59. The largest absolute Gasteiger partial charge is 0.497 e. The van der Waals surface area contributed by atoms with Gasteiger partial charge in [0, 0.05) is 18.1 Å². The first-order valence-corrected chi connectivity index (χ1v) is 5.63. The lowest BCUT2D eigenvalue weighted by atomic mass is 10.2. The van der Waals surface area contributed by atoms with Gasteiger partial charge in [0.1, 0.15) is 5.75 Å². The third kappa shape index (κ3) is 4.63. The van der Waals surface area contributed by atoms with E-state index in [1.54, 1.807) is 13.2 Å². The summed E-state index contributed by atoms with van der Waals surface area (Å²) in [4.78, 5) is 12.4. The Morgan fingerprint density at radius 3 is 2.76 bits per heavy atom. The lowest BCUT2D eigenvalue weighted by Crippen LogP contribution is -2.21. The molecule has 5 heteroatoms. The maximum absolute atomic E-state index is 10.4. The minimum atomic E-state index is -0.794. The molecular weight excluding hydrogens is 242 g/mol. The van der Waals surface area contributed by atoms with Crippen LogP contribution in [0.4, 0.5) is 0 Å². The Hall–Kier alpha value is -1.26. The van der Waals surface area contributed by atoms with Gasteiger partial charge >= 0.3 is 5.97 Å². The number of hydrogen-bond acceptors (Lipinski definition) is 3. The van der Waals surface area contributed by atoms with Crippen molar-refractivity contribution in [2.45, 2.75) is 13.0 Å². The SMILES string of the molecule is COc1ccc(CN(C)CCC(=O)O)c(Cl)c1. The van der Waals surface area contributed by atoms with Crippen LogP contribution in [-0.2, 0) is 11.3 Å². The molecule has 94 valence electrons. The zero-order valence-corrected chi connectivity index (χ0v) is 10.7. The maximum Gasteiger partial charge on any atom is 0.304 e. The number of benzene rings is 1. The van der Waals surface area contributed by atoms with Crippen LogP contribution in [0.25, 0.3) is 0 Å². The van der Waals surface area contributed by atoms with Gasteiger partial charge in [-0.3, -0.25) is 4.79 Å². The van der Waals surface area contributed by atoms with E-state index in [0.29, 0.717) is 23.9 Å². The van der Waals surface area contributed by atoms with E-state index in [1.165, 1.54) is 0 Å². The van der Waals surface area contributed by atoms with Crippen molar-refractivity contribution in [1.82, 2.24) is 4.90 Å². The molecule has 1 aromatic rings. The smallest absolute Gasteiger partial charge is 0.304 e. The first-order valence-electron chi connectivity index (χ1n) is 5.25. The summed E-state index contributed by atoms with van der Waals surface area (Å²) in [6, 6.07) is 5.48. The van der Waals surface area contributed by atoms with Gasteiger partial charge in [0.25, 0.3) is 0 Å². The summed E-state index contributed by atoms with van der Waals surface area (Å²) in [6.07, 6.45) is 0.129. The zero-order chi connectivity index (χ0) is 12.8. The number of carboxylic acid groups (broad SMARTS) is 1. The number of ether oxygens (including phenoxy) is 1. The molecule has 1 aromatic carbocycles. The van der Waals surface area contributed by atoms with E-state index >= 15 is 0 Å². The Morgan fingerprint density at radius 2 is 2.24 bits per heavy atom. The molecule has 0 saturated heterocycles. The highest BCUT2D eigenvalue weighted by atomic mass is 35.5. The molecule has 0 aliphatic heterocycles. The molecule has 17 heavy (non-hydrogen) atoms. The molecule has 0 aliphatic carbocycles. The van der Waals surface area contributed by atoms with Gasteiger partial charge < -0.3 is 14.7 Å². The highest BCUT2D eigenvalue weighted by molar-refractivity contribution is 6.31. The number of nitrogens with zero attached hydrogens (tertiary/aromatic N) is 1. The Bertz CT molecular complexity index is 395. The van der Waals surface area contributed by atoms with Gasteiger partial charge in [-0.25, -0.2) is 0 Å². The average Bonchev–Trinajstić information content (AvgIpc) is 2.29.